The minimum atomic E-state index is -1.86. The maximum Gasteiger partial charge on any atom is 0.264 e. The minimum absolute atomic E-state index is 0.220. The first-order chi connectivity index (χ1) is 13.8. The highest BCUT2D eigenvalue weighted by atomic mass is 79.9. The van der Waals surface area contributed by atoms with Crippen LogP contribution in [0.3, 0.4) is 0 Å². The smallest absolute Gasteiger partial charge is 0.264 e. The number of aliphatic hydroxyl groups is 1. The van der Waals surface area contributed by atoms with Gasteiger partial charge in [0.15, 0.2) is 11.4 Å². The number of fused-ring (bicyclic) bond motifs is 2. The van der Waals surface area contributed by atoms with Crippen LogP contribution in [0.5, 0.6) is 0 Å². The maximum absolute atomic E-state index is 13.3. The number of nitrogens with zero attached hydrogens (tertiary/aromatic N) is 1. The summed E-state index contributed by atoms with van der Waals surface area (Å²) in [5, 5.41) is 13.4. The zero-order chi connectivity index (χ0) is 20.8. The summed E-state index contributed by atoms with van der Waals surface area (Å²) in [5.74, 6) is -0.483. The van der Waals surface area contributed by atoms with Gasteiger partial charge in [-0.15, -0.1) is 0 Å². The van der Waals surface area contributed by atoms with Gasteiger partial charge in [0.1, 0.15) is 0 Å². The summed E-state index contributed by atoms with van der Waals surface area (Å²) >= 11 is 3.51. The molecule has 1 atom stereocenters. The molecule has 1 unspecified atom stereocenters. The molecule has 1 N–H and O–H groups in total. The van der Waals surface area contributed by atoms with Crippen LogP contribution in [-0.2, 0) is 10.4 Å². The van der Waals surface area contributed by atoms with E-state index in [1.807, 2.05) is 56.3 Å². The molecule has 0 bridgehead atoms. The lowest BCUT2D eigenvalue weighted by Crippen LogP contribution is -2.43. The van der Waals surface area contributed by atoms with Crippen LogP contribution in [0.2, 0.25) is 0 Å². The van der Waals surface area contributed by atoms with Crippen LogP contribution in [0, 0.1) is 5.92 Å². The van der Waals surface area contributed by atoms with Crippen LogP contribution in [-0.4, -0.2) is 23.3 Å². The van der Waals surface area contributed by atoms with Crippen molar-refractivity contribution in [2.24, 2.45) is 5.92 Å². The van der Waals surface area contributed by atoms with E-state index < -0.39 is 11.5 Å². The Morgan fingerprint density at radius 2 is 1.79 bits per heavy atom. The first-order valence-electron chi connectivity index (χ1n) is 9.66. The Balaban J connectivity index is 1.72. The van der Waals surface area contributed by atoms with Crippen molar-refractivity contribution in [3.8, 4) is 0 Å². The van der Waals surface area contributed by atoms with E-state index in [9.17, 15) is 14.7 Å². The lowest BCUT2D eigenvalue weighted by molar-refractivity contribution is -0.136. The highest BCUT2D eigenvalue weighted by Gasteiger charge is 2.51. The lowest BCUT2D eigenvalue weighted by atomic mass is 9.87. The number of anilines is 1. The molecule has 0 spiro atoms. The molecule has 5 heteroatoms. The molecule has 1 aliphatic heterocycles. The van der Waals surface area contributed by atoms with Gasteiger partial charge in [0.25, 0.3) is 5.91 Å². The van der Waals surface area contributed by atoms with E-state index in [1.54, 1.807) is 23.1 Å². The van der Waals surface area contributed by atoms with Crippen molar-refractivity contribution < 1.29 is 14.7 Å². The molecule has 1 heterocycles. The van der Waals surface area contributed by atoms with Crippen LogP contribution in [0.1, 0.15) is 36.2 Å². The molecular formula is C24H22BrNO3. The summed E-state index contributed by atoms with van der Waals surface area (Å²) in [6, 6.07) is 18.6. The average Bonchev–Trinajstić information content (AvgIpc) is 2.90. The Bertz CT molecular complexity index is 1120. The third kappa shape index (κ3) is 3.38. The Kier molecular flexibility index (Phi) is 5.05. The SMILES string of the molecule is CC(C)CN1C(=O)C(O)(CC(=O)c2ccc3ccccc3c2)c2cccc(Br)c21. The first-order valence-corrected chi connectivity index (χ1v) is 10.5. The van der Waals surface area contributed by atoms with Gasteiger partial charge in [0, 0.05) is 22.1 Å². The molecular weight excluding hydrogens is 430 g/mol. The second kappa shape index (κ2) is 7.39. The topological polar surface area (TPSA) is 57.6 Å². The number of amides is 1. The molecule has 4 rings (SSSR count). The van der Waals surface area contributed by atoms with Crippen molar-refractivity contribution in [1.29, 1.82) is 0 Å². The van der Waals surface area contributed by atoms with E-state index in [0.717, 1.165) is 15.2 Å². The molecule has 29 heavy (non-hydrogen) atoms. The van der Waals surface area contributed by atoms with Crippen LogP contribution in [0.15, 0.2) is 65.1 Å². The predicted molar refractivity (Wildman–Crippen MR) is 118 cm³/mol. The number of carbonyl (C=O) groups excluding carboxylic acids is 2. The molecule has 1 amide bonds. The van der Waals surface area contributed by atoms with Crippen LogP contribution in [0.4, 0.5) is 5.69 Å². The van der Waals surface area contributed by atoms with Crippen molar-refractivity contribution in [2.75, 3.05) is 11.4 Å². The molecule has 0 saturated carbocycles. The molecule has 4 nitrogen and oxygen atoms in total. The number of hydrogen-bond acceptors (Lipinski definition) is 3. The van der Waals surface area contributed by atoms with E-state index in [2.05, 4.69) is 15.9 Å². The number of para-hydroxylation sites is 1. The predicted octanol–water partition coefficient (Wildman–Crippen LogP) is 5.07. The molecule has 0 fully saturated rings. The van der Waals surface area contributed by atoms with Gasteiger partial charge in [-0.2, -0.15) is 0 Å². The summed E-state index contributed by atoms with van der Waals surface area (Å²) in [6.07, 6.45) is -0.289. The number of hydrogen-bond donors (Lipinski definition) is 1. The highest BCUT2D eigenvalue weighted by molar-refractivity contribution is 9.10. The average molecular weight is 452 g/mol. The van der Waals surface area contributed by atoms with Crippen molar-refractivity contribution in [1.82, 2.24) is 0 Å². The molecule has 0 radical (unpaired) electrons. The fourth-order valence-electron chi connectivity index (χ4n) is 3.97. The van der Waals surface area contributed by atoms with Crippen molar-refractivity contribution in [2.45, 2.75) is 25.9 Å². The van der Waals surface area contributed by atoms with Crippen molar-refractivity contribution in [3.05, 3.63) is 76.3 Å². The third-order valence-electron chi connectivity index (χ3n) is 5.34. The summed E-state index contributed by atoms with van der Waals surface area (Å²) in [4.78, 5) is 27.9. The Labute approximate surface area is 178 Å². The number of benzene rings is 3. The molecule has 1 aliphatic rings. The van der Waals surface area contributed by atoms with Crippen molar-refractivity contribution in [3.63, 3.8) is 0 Å². The largest absolute Gasteiger partial charge is 0.375 e. The zero-order valence-electron chi connectivity index (χ0n) is 16.4. The Morgan fingerprint density at radius 3 is 2.52 bits per heavy atom. The molecule has 0 saturated heterocycles. The summed E-state index contributed by atoms with van der Waals surface area (Å²) in [5.41, 5.74) is -0.244. The summed E-state index contributed by atoms with van der Waals surface area (Å²) in [7, 11) is 0. The first kappa shape index (κ1) is 19.8. The number of halogens is 1. The quantitative estimate of drug-likeness (QED) is 0.551. The van der Waals surface area contributed by atoms with E-state index in [1.165, 1.54) is 0 Å². The molecule has 148 valence electrons. The van der Waals surface area contributed by atoms with Gasteiger partial charge in [-0.25, -0.2) is 0 Å². The lowest BCUT2D eigenvalue weighted by Gasteiger charge is -2.24. The summed E-state index contributed by atoms with van der Waals surface area (Å²) < 4.78 is 0.734. The second-order valence-electron chi connectivity index (χ2n) is 7.97. The van der Waals surface area contributed by atoms with Gasteiger partial charge >= 0.3 is 0 Å². The molecule has 0 aliphatic carbocycles. The van der Waals surface area contributed by atoms with Crippen LogP contribution < -0.4 is 4.90 Å². The number of ketones is 1. The van der Waals surface area contributed by atoms with Gasteiger partial charge in [0.05, 0.1) is 12.1 Å². The van der Waals surface area contributed by atoms with Gasteiger partial charge < -0.3 is 10.0 Å². The van der Waals surface area contributed by atoms with Crippen molar-refractivity contribution >= 4 is 44.1 Å². The van der Waals surface area contributed by atoms with Crippen LogP contribution in [0.25, 0.3) is 10.8 Å². The van der Waals surface area contributed by atoms with E-state index in [4.69, 9.17) is 0 Å². The van der Waals surface area contributed by atoms with Crippen LogP contribution >= 0.6 is 15.9 Å². The minimum Gasteiger partial charge on any atom is -0.375 e. The zero-order valence-corrected chi connectivity index (χ0v) is 17.9. The molecule has 0 aromatic heterocycles. The fourth-order valence-corrected chi connectivity index (χ4v) is 4.55. The number of rotatable bonds is 5. The standard InChI is InChI=1S/C24H22BrNO3/c1-15(2)14-26-22-19(8-5-9-20(22)25)24(29,23(26)28)13-21(27)18-11-10-16-6-3-4-7-17(16)12-18/h3-12,15,29H,13-14H2,1-2H3. The van der Waals surface area contributed by atoms with E-state index >= 15 is 0 Å². The number of Topliss-reactive ketones (excluding diaryl/α,β-unsaturated/α-hetero) is 1. The number of carbonyl (C=O) groups is 2. The van der Waals surface area contributed by atoms with Gasteiger partial charge in [-0.3, -0.25) is 9.59 Å². The molecule has 3 aromatic rings. The van der Waals surface area contributed by atoms with Gasteiger partial charge in [0.2, 0.25) is 0 Å². The Morgan fingerprint density at radius 1 is 1.07 bits per heavy atom. The fraction of sp³-hybridized carbons (Fsp3) is 0.250. The second-order valence-corrected chi connectivity index (χ2v) is 8.82. The Hall–Kier alpha value is -2.50. The third-order valence-corrected chi connectivity index (χ3v) is 5.98. The summed E-state index contributed by atoms with van der Waals surface area (Å²) in [6.45, 7) is 4.50. The highest BCUT2D eigenvalue weighted by Crippen LogP contribution is 2.46. The van der Waals surface area contributed by atoms with E-state index in [-0.39, 0.29) is 18.1 Å². The maximum atomic E-state index is 13.3. The normalized spacial score (nSPS) is 18.5. The molecule has 3 aromatic carbocycles. The van der Waals surface area contributed by atoms with Gasteiger partial charge in [-0.1, -0.05) is 62.4 Å². The van der Waals surface area contributed by atoms with Gasteiger partial charge in [-0.05, 0) is 44.8 Å². The monoisotopic (exact) mass is 451 g/mol. The van der Waals surface area contributed by atoms with E-state index in [0.29, 0.717) is 23.4 Å².